The van der Waals surface area contributed by atoms with Crippen LogP contribution in [0.5, 0.6) is 11.5 Å². The number of ether oxygens (including phenoxy) is 2. The number of rotatable bonds is 24. The minimum absolute atomic E-state index is 0.00749. The van der Waals surface area contributed by atoms with Crippen LogP contribution >= 0.6 is 0 Å². The lowest BCUT2D eigenvalue weighted by atomic mass is 10.0. The van der Waals surface area contributed by atoms with E-state index in [4.69, 9.17) is 9.47 Å². The van der Waals surface area contributed by atoms with Gasteiger partial charge in [-0.25, -0.2) is 17.6 Å². The minimum atomic E-state index is -2.19. The van der Waals surface area contributed by atoms with Gasteiger partial charge >= 0.3 is 0 Å². The van der Waals surface area contributed by atoms with Crippen LogP contribution in [-0.2, 0) is 0 Å². The molecule has 4 nitrogen and oxygen atoms in total. The van der Waals surface area contributed by atoms with Gasteiger partial charge < -0.3 is 19.4 Å². The molecule has 2 heterocycles. The standard InChI is InChI=1S/C50H56F4N2O2/c51-49(52)23-11-7-3-1-5-9-17-31-57-47-29-27-37(33-41(47)45-35-39-19-13-15-21-43(39)55-45)25-26-38-28-30-48(58-32-18-10-6-2-4-8-12-24-50(53)54)42(34-38)46-36-40-20-14-16-22-44(40)56-46/h13-16,19-22,27-30,33-36,49-50,55-56H,1-12,17-18,23-24,31-32H2. The number of hydrogen-bond donors (Lipinski definition) is 2. The Balaban J connectivity index is 1.13. The number of para-hydroxylation sites is 2. The van der Waals surface area contributed by atoms with Crippen molar-refractivity contribution in [1.82, 2.24) is 9.97 Å². The fraction of sp³-hybridized carbons (Fsp3) is 0.400. The molecule has 0 aliphatic carbocycles. The summed E-state index contributed by atoms with van der Waals surface area (Å²) in [4.78, 5) is 7.13. The Hall–Kier alpha value is -5.16. The van der Waals surface area contributed by atoms with Crippen LogP contribution in [0.1, 0.15) is 114 Å². The van der Waals surface area contributed by atoms with Crippen molar-refractivity contribution in [3.05, 3.63) is 108 Å². The van der Waals surface area contributed by atoms with E-state index in [1.165, 1.54) is 0 Å². The first-order valence-corrected chi connectivity index (χ1v) is 21.2. The molecule has 4 aromatic carbocycles. The van der Waals surface area contributed by atoms with Gasteiger partial charge in [0.25, 0.3) is 0 Å². The molecule has 0 atom stereocenters. The van der Waals surface area contributed by atoms with E-state index in [0.717, 1.165) is 144 Å². The number of alkyl halides is 4. The van der Waals surface area contributed by atoms with Gasteiger partial charge in [-0.1, -0.05) is 112 Å². The van der Waals surface area contributed by atoms with Gasteiger partial charge in [-0.2, -0.15) is 0 Å². The molecule has 306 valence electrons. The second-order valence-electron chi connectivity index (χ2n) is 15.2. The van der Waals surface area contributed by atoms with Gasteiger partial charge in [-0.3, -0.25) is 0 Å². The van der Waals surface area contributed by atoms with Crippen molar-refractivity contribution < 1.29 is 27.0 Å². The number of fused-ring (bicyclic) bond motifs is 2. The average molecular weight is 793 g/mol. The van der Waals surface area contributed by atoms with Gasteiger partial charge in [0, 0.05) is 56.9 Å². The molecule has 0 aliphatic rings. The Kier molecular flexibility index (Phi) is 16.6. The molecule has 58 heavy (non-hydrogen) atoms. The van der Waals surface area contributed by atoms with Gasteiger partial charge in [0.15, 0.2) is 0 Å². The van der Waals surface area contributed by atoms with Crippen molar-refractivity contribution in [2.45, 2.75) is 116 Å². The van der Waals surface area contributed by atoms with E-state index in [0.29, 0.717) is 26.1 Å². The van der Waals surface area contributed by atoms with Gasteiger partial charge in [-0.15, -0.1) is 0 Å². The molecule has 0 saturated carbocycles. The summed E-state index contributed by atoms with van der Waals surface area (Å²) >= 11 is 0. The number of hydrogen-bond acceptors (Lipinski definition) is 2. The molecule has 6 aromatic rings. The predicted octanol–water partition coefficient (Wildman–Crippen LogP) is 14.9. The Bertz CT molecular complexity index is 1990. The van der Waals surface area contributed by atoms with E-state index in [1.807, 2.05) is 48.5 Å². The van der Waals surface area contributed by atoms with Gasteiger partial charge in [0.05, 0.1) is 24.6 Å². The third-order valence-corrected chi connectivity index (χ3v) is 10.6. The van der Waals surface area contributed by atoms with E-state index in [1.54, 1.807) is 0 Å². The quantitative estimate of drug-likeness (QED) is 0.0364. The van der Waals surface area contributed by atoms with Gasteiger partial charge in [0.2, 0.25) is 12.9 Å². The predicted molar refractivity (Wildman–Crippen MR) is 230 cm³/mol. The topological polar surface area (TPSA) is 50.0 Å². The van der Waals surface area contributed by atoms with Crippen molar-refractivity contribution in [2.24, 2.45) is 0 Å². The number of aromatic nitrogens is 2. The van der Waals surface area contributed by atoms with Crippen LogP contribution in [0.25, 0.3) is 44.3 Å². The van der Waals surface area contributed by atoms with E-state index < -0.39 is 12.9 Å². The van der Waals surface area contributed by atoms with Crippen LogP contribution in [-0.4, -0.2) is 36.0 Å². The van der Waals surface area contributed by atoms with Crippen LogP contribution in [0.4, 0.5) is 17.6 Å². The highest BCUT2D eigenvalue weighted by Gasteiger charge is 2.13. The number of benzene rings is 4. The van der Waals surface area contributed by atoms with E-state index in [-0.39, 0.29) is 12.8 Å². The zero-order valence-electron chi connectivity index (χ0n) is 33.4. The summed E-state index contributed by atoms with van der Waals surface area (Å²) in [6.07, 6.45) is 8.79. The first-order chi connectivity index (χ1) is 28.4. The van der Waals surface area contributed by atoms with E-state index in [9.17, 15) is 17.6 Å². The second-order valence-corrected chi connectivity index (χ2v) is 15.2. The first-order valence-electron chi connectivity index (χ1n) is 21.2. The molecular formula is C50H56F4N2O2. The molecule has 0 fully saturated rings. The summed E-state index contributed by atoms with van der Waals surface area (Å²) < 4.78 is 62.2. The smallest absolute Gasteiger partial charge is 0.238 e. The average Bonchev–Trinajstić information content (AvgIpc) is 3.87. The lowest BCUT2D eigenvalue weighted by Crippen LogP contribution is -2.00. The van der Waals surface area contributed by atoms with Crippen LogP contribution < -0.4 is 9.47 Å². The Morgan fingerprint density at radius 3 is 1.21 bits per heavy atom. The summed E-state index contributed by atoms with van der Waals surface area (Å²) in [5.74, 6) is 8.42. The summed E-state index contributed by atoms with van der Waals surface area (Å²) in [5, 5.41) is 2.25. The fourth-order valence-electron chi connectivity index (χ4n) is 7.40. The Morgan fingerprint density at radius 2 is 0.810 bits per heavy atom. The highest BCUT2D eigenvalue weighted by atomic mass is 19.3. The molecule has 8 heteroatoms. The highest BCUT2D eigenvalue weighted by molar-refractivity contribution is 5.88. The molecule has 2 N–H and O–H groups in total. The van der Waals surface area contributed by atoms with Crippen molar-refractivity contribution in [1.29, 1.82) is 0 Å². The number of unbranched alkanes of at least 4 members (excludes halogenated alkanes) is 12. The Labute approximate surface area is 340 Å². The third kappa shape index (κ3) is 13.2. The maximum Gasteiger partial charge on any atom is 0.238 e. The van der Waals surface area contributed by atoms with Crippen molar-refractivity contribution in [3.63, 3.8) is 0 Å². The number of H-pyrrole nitrogens is 2. The van der Waals surface area contributed by atoms with E-state index in [2.05, 4.69) is 70.3 Å². The zero-order chi connectivity index (χ0) is 40.4. The third-order valence-electron chi connectivity index (χ3n) is 10.6. The van der Waals surface area contributed by atoms with Crippen LogP contribution in [0.3, 0.4) is 0 Å². The lowest BCUT2D eigenvalue weighted by Gasteiger charge is -2.12. The SMILES string of the molecule is FC(F)CCCCCCCCCOc1ccc(C#Cc2ccc(OCCCCCCCCCC(F)F)c(-c3cc4ccccc4[nH]3)c2)cc1-c1cc2ccccc2[nH]1. The second kappa shape index (κ2) is 22.7. The van der Waals surface area contributed by atoms with Gasteiger partial charge in [-0.05, 0) is 86.3 Å². The highest BCUT2D eigenvalue weighted by Crippen LogP contribution is 2.35. The zero-order valence-corrected chi connectivity index (χ0v) is 33.4. The molecule has 0 unspecified atom stereocenters. The molecular weight excluding hydrogens is 737 g/mol. The van der Waals surface area contributed by atoms with Crippen molar-refractivity contribution in [2.75, 3.05) is 13.2 Å². The molecule has 0 bridgehead atoms. The first kappa shape index (κ1) is 42.4. The van der Waals surface area contributed by atoms with Crippen molar-refractivity contribution in [3.8, 4) is 45.9 Å². The Morgan fingerprint density at radius 1 is 0.431 bits per heavy atom. The molecule has 0 aliphatic heterocycles. The monoisotopic (exact) mass is 792 g/mol. The number of aromatic amines is 2. The fourth-order valence-corrected chi connectivity index (χ4v) is 7.40. The molecule has 0 saturated heterocycles. The minimum Gasteiger partial charge on any atom is -0.493 e. The van der Waals surface area contributed by atoms with Gasteiger partial charge in [0.1, 0.15) is 11.5 Å². The number of nitrogens with one attached hydrogen (secondary N) is 2. The lowest BCUT2D eigenvalue weighted by molar-refractivity contribution is 0.133. The molecule has 6 rings (SSSR count). The molecule has 0 radical (unpaired) electrons. The summed E-state index contributed by atoms with van der Waals surface area (Å²) in [6.45, 7) is 1.19. The maximum atomic E-state index is 12.4. The molecule has 2 aromatic heterocycles. The summed E-state index contributed by atoms with van der Waals surface area (Å²) in [7, 11) is 0. The number of halogens is 4. The largest absolute Gasteiger partial charge is 0.493 e. The maximum absolute atomic E-state index is 12.4. The summed E-state index contributed by atoms with van der Waals surface area (Å²) in [6, 6.07) is 32.9. The molecule has 0 spiro atoms. The molecule has 0 amide bonds. The van der Waals surface area contributed by atoms with Crippen molar-refractivity contribution >= 4 is 21.8 Å². The van der Waals surface area contributed by atoms with E-state index >= 15 is 0 Å². The normalized spacial score (nSPS) is 11.5. The van der Waals surface area contributed by atoms with Crippen LogP contribution in [0.15, 0.2) is 97.1 Å². The van der Waals surface area contributed by atoms with Crippen LogP contribution in [0, 0.1) is 11.8 Å². The summed E-state index contributed by atoms with van der Waals surface area (Å²) in [5.41, 5.74) is 7.70. The van der Waals surface area contributed by atoms with Crippen LogP contribution in [0.2, 0.25) is 0 Å².